The quantitative estimate of drug-likeness (QED) is 0.442. The van der Waals surface area contributed by atoms with Crippen LogP contribution in [0, 0.1) is 0 Å². The number of ketones is 1. The lowest BCUT2D eigenvalue weighted by atomic mass is 9.86. The second-order valence-corrected chi connectivity index (χ2v) is 5.37. The highest BCUT2D eigenvalue weighted by Gasteiger charge is 2.52. The Labute approximate surface area is 118 Å². The van der Waals surface area contributed by atoms with Crippen molar-refractivity contribution in [2.24, 2.45) is 0 Å². The number of unbranched alkanes of at least 4 members (excludes halogenated alkanes) is 1. The van der Waals surface area contributed by atoms with Crippen LogP contribution in [0.3, 0.4) is 0 Å². The minimum absolute atomic E-state index is 0.102. The lowest BCUT2D eigenvalue weighted by molar-refractivity contribution is -0.328. The van der Waals surface area contributed by atoms with Crippen molar-refractivity contribution in [2.45, 2.75) is 63.3 Å². The van der Waals surface area contributed by atoms with Gasteiger partial charge in [0.15, 0.2) is 6.29 Å². The maximum absolute atomic E-state index is 10.8. The van der Waals surface area contributed by atoms with Gasteiger partial charge in [0.1, 0.15) is 29.7 Å². The molecule has 7 nitrogen and oxygen atoms in total. The van der Waals surface area contributed by atoms with Gasteiger partial charge in [-0.25, -0.2) is 0 Å². The first-order chi connectivity index (χ1) is 9.30. The molecule has 2 unspecified atom stereocenters. The molecule has 0 aromatic carbocycles. The Morgan fingerprint density at radius 1 is 1.30 bits per heavy atom. The topological polar surface area (TPSA) is 116 Å². The first-order valence-electron chi connectivity index (χ1n) is 6.76. The highest BCUT2D eigenvalue weighted by Crippen LogP contribution is 2.30. The van der Waals surface area contributed by atoms with E-state index < -0.39 is 36.8 Å². The third-order valence-corrected chi connectivity index (χ3v) is 3.50. The number of carbonyl (C=O) groups excluding carboxylic acids is 1. The number of rotatable bonds is 7. The molecule has 0 radical (unpaired) electrons. The predicted molar refractivity (Wildman–Crippen MR) is 68.9 cm³/mol. The molecule has 1 fully saturated rings. The Hall–Kier alpha value is -0.570. The Bertz CT molecular complexity index is 318. The summed E-state index contributed by atoms with van der Waals surface area (Å²) in [5.74, 6) is 0.102. The largest absolute Gasteiger partial charge is 0.394 e. The minimum Gasteiger partial charge on any atom is -0.394 e. The van der Waals surface area contributed by atoms with Gasteiger partial charge in [0.2, 0.25) is 0 Å². The van der Waals surface area contributed by atoms with Gasteiger partial charge >= 0.3 is 0 Å². The van der Waals surface area contributed by atoms with Gasteiger partial charge in [-0.1, -0.05) is 0 Å². The molecule has 118 valence electrons. The smallest absolute Gasteiger partial charge is 0.186 e. The third-order valence-electron chi connectivity index (χ3n) is 3.50. The molecule has 7 heteroatoms. The highest BCUT2D eigenvalue weighted by atomic mass is 16.7. The number of hydrogen-bond acceptors (Lipinski definition) is 7. The van der Waals surface area contributed by atoms with Gasteiger partial charge < -0.3 is 34.7 Å². The number of aliphatic hydroxyl groups is 4. The van der Waals surface area contributed by atoms with Crippen molar-refractivity contribution in [3.8, 4) is 0 Å². The Balaban J connectivity index is 2.46. The summed E-state index contributed by atoms with van der Waals surface area (Å²) < 4.78 is 10.6. The Kier molecular flexibility index (Phi) is 6.50. The average Bonchev–Trinajstić information content (AvgIpc) is 2.38. The van der Waals surface area contributed by atoms with Crippen LogP contribution in [0.15, 0.2) is 0 Å². The molecule has 4 N–H and O–H groups in total. The second kappa shape index (κ2) is 7.44. The first kappa shape index (κ1) is 17.5. The SMILES string of the molecule is CC(=O)CCCCO[C@H]1OC(CO)[C@@H](O)[C@@](C)(O)C1O. The molecule has 20 heavy (non-hydrogen) atoms. The van der Waals surface area contributed by atoms with Crippen molar-refractivity contribution in [1.29, 1.82) is 0 Å². The van der Waals surface area contributed by atoms with E-state index in [9.17, 15) is 20.1 Å². The molecule has 0 aliphatic carbocycles. The van der Waals surface area contributed by atoms with E-state index >= 15 is 0 Å². The zero-order chi connectivity index (χ0) is 15.3. The van der Waals surface area contributed by atoms with E-state index in [4.69, 9.17) is 14.6 Å². The van der Waals surface area contributed by atoms with Crippen LogP contribution in [-0.2, 0) is 14.3 Å². The zero-order valence-corrected chi connectivity index (χ0v) is 11.9. The fourth-order valence-corrected chi connectivity index (χ4v) is 2.10. The number of hydrogen-bond donors (Lipinski definition) is 4. The minimum atomic E-state index is -1.82. The van der Waals surface area contributed by atoms with Crippen LogP contribution >= 0.6 is 0 Å². The van der Waals surface area contributed by atoms with Gasteiger partial charge in [-0.2, -0.15) is 0 Å². The van der Waals surface area contributed by atoms with Crippen molar-refractivity contribution in [3.63, 3.8) is 0 Å². The maximum Gasteiger partial charge on any atom is 0.186 e. The van der Waals surface area contributed by atoms with Gasteiger partial charge in [0.25, 0.3) is 0 Å². The molecule has 1 heterocycles. The molecule has 5 atom stereocenters. The van der Waals surface area contributed by atoms with Gasteiger partial charge in [0.05, 0.1) is 6.61 Å². The fraction of sp³-hybridized carbons (Fsp3) is 0.923. The van der Waals surface area contributed by atoms with Crippen LogP contribution in [0.1, 0.15) is 33.1 Å². The molecule has 1 aliphatic heterocycles. The van der Waals surface area contributed by atoms with Crippen molar-refractivity contribution >= 4 is 5.78 Å². The number of carbonyl (C=O) groups is 1. The predicted octanol–water partition coefficient (Wildman–Crippen LogP) is -1.05. The molecule has 0 amide bonds. The van der Waals surface area contributed by atoms with E-state index in [-0.39, 0.29) is 12.4 Å². The van der Waals surface area contributed by atoms with E-state index in [0.717, 1.165) is 0 Å². The number of Topliss-reactive ketones (excluding diaryl/α,β-unsaturated/α-hetero) is 1. The summed E-state index contributed by atoms with van der Waals surface area (Å²) in [6.07, 6.45) is -3.22. The fourth-order valence-electron chi connectivity index (χ4n) is 2.10. The lowest BCUT2D eigenvalue weighted by Crippen LogP contribution is -2.66. The zero-order valence-electron chi connectivity index (χ0n) is 11.9. The Morgan fingerprint density at radius 2 is 1.95 bits per heavy atom. The van der Waals surface area contributed by atoms with Crippen molar-refractivity contribution < 1.29 is 34.7 Å². The van der Waals surface area contributed by atoms with Gasteiger partial charge in [-0.15, -0.1) is 0 Å². The van der Waals surface area contributed by atoms with E-state index in [1.165, 1.54) is 13.8 Å². The van der Waals surface area contributed by atoms with E-state index in [0.29, 0.717) is 19.3 Å². The summed E-state index contributed by atoms with van der Waals surface area (Å²) in [6, 6.07) is 0. The number of aliphatic hydroxyl groups excluding tert-OH is 3. The standard InChI is InChI=1S/C13H24O7/c1-8(15)5-3-4-6-19-12-11(17)13(2,18)10(16)9(7-14)20-12/h9-12,14,16-18H,3-7H2,1-2H3/t9?,10-,11?,12+,13-/m1/s1. The summed E-state index contributed by atoms with van der Waals surface area (Å²) >= 11 is 0. The molecule has 1 rings (SSSR count). The monoisotopic (exact) mass is 292 g/mol. The van der Waals surface area contributed by atoms with Crippen LogP contribution < -0.4 is 0 Å². The molecule has 0 aromatic heterocycles. The molecule has 0 aromatic rings. The van der Waals surface area contributed by atoms with Crippen LogP contribution in [0.25, 0.3) is 0 Å². The summed E-state index contributed by atoms with van der Waals surface area (Å²) in [5, 5.41) is 38.8. The van der Waals surface area contributed by atoms with Gasteiger partial charge in [-0.3, -0.25) is 0 Å². The molecule has 0 spiro atoms. The molecular weight excluding hydrogens is 268 g/mol. The summed E-state index contributed by atoms with van der Waals surface area (Å²) in [7, 11) is 0. The van der Waals surface area contributed by atoms with Crippen molar-refractivity contribution in [3.05, 3.63) is 0 Å². The second-order valence-electron chi connectivity index (χ2n) is 5.37. The maximum atomic E-state index is 10.8. The Morgan fingerprint density at radius 3 is 2.50 bits per heavy atom. The summed E-state index contributed by atoms with van der Waals surface area (Å²) in [4.78, 5) is 10.8. The van der Waals surface area contributed by atoms with E-state index in [1.807, 2.05) is 0 Å². The van der Waals surface area contributed by atoms with E-state index in [1.54, 1.807) is 0 Å². The van der Waals surface area contributed by atoms with Crippen LogP contribution in [0.2, 0.25) is 0 Å². The van der Waals surface area contributed by atoms with E-state index in [2.05, 4.69) is 0 Å². The van der Waals surface area contributed by atoms with Crippen molar-refractivity contribution in [2.75, 3.05) is 13.2 Å². The first-order valence-corrected chi connectivity index (χ1v) is 6.76. The number of ether oxygens (including phenoxy) is 2. The molecule has 1 aliphatic rings. The normalized spacial score (nSPS) is 37.9. The van der Waals surface area contributed by atoms with Crippen molar-refractivity contribution in [1.82, 2.24) is 0 Å². The highest BCUT2D eigenvalue weighted by molar-refractivity contribution is 5.75. The molecule has 0 bridgehead atoms. The van der Waals surface area contributed by atoms with Crippen LogP contribution in [-0.4, -0.2) is 69.6 Å². The lowest BCUT2D eigenvalue weighted by Gasteiger charge is -2.45. The summed E-state index contributed by atoms with van der Waals surface area (Å²) in [6.45, 7) is 2.53. The molecule has 1 saturated heterocycles. The van der Waals surface area contributed by atoms with Crippen LogP contribution in [0.5, 0.6) is 0 Å². The van der Waals surface area contributed by atoms with Gasteiger partial charge in [0, 0.05) is 13.0 Å². The molecular formula is C13H24O7. The third kappa shape index (κ3) is 4.21. The van der Waals surface area contributed by atoms with Crippen LogP contribution in [0.4, 0.5) is 0 Å². The average molecular weight is 292 g/mol. The molecule has 0 saturated carbocycles. The van der Waals surface area contributed by atoms with Gasteiger partial charge in [-0.05, 0) is 26.7 Å². The summed E-state index contributed by atoms with van der Waals surface area (Å²) in [5.41, 5.74) is -1.82.